The molecule has 0 aliphatic heterocycles. The normalized spacial score (nSPS) is 14.8. The molecule has 0 aromatic carbocycles. The quantitative estimate of drug-likeness (QED) is 0.942. The van der Waals surface area contributed by atoms with Crippen LogP contribution in [-0.4, -0.2) is 21.9 Å². The SMILES string of the molecule is CN(Cc1cnc(N)s1)Cc1nc2c(s1)CCCC2. The van der Waals surface area contributed by atoms with Gasteiger partial charge < -0.3 is 5.73 Å². The molecule has 0 saturated carbocycles. The van der Waals surface area contributed by atoms with Crippen LogP contribution in [0.1, 0.15) is 33.3 Å². The summed E-state index contributed by atoms with van der Waals surface area (Å²) in [6.07, 6.45) is 6.88. The Bertz CT molecular complexity index is 537. The van der Waals surface area contributed by atoms with Crippen molar-refractivity contribution in [3.63, 3.8) is 0 Å². The van der Waals surface area contributed by atoms with E-state index in [-0.39, 0.29) is 0 Å². The maximum Gasteiger partial charge on any atom is 0.180 e. The molecule has 1 aliphatic carbocycles. The highest BCUT2D eigenvalue weighted by atomic mass is 32.1. The fourth-order valence-electron chi connectivity index (χ4n) is 2.42. The molecular weight excluding hydrogens is 276 g/mol. The lowest BCUT2D eigenvalue weighted by Gasteiger charge is -2.12. The predicted octanol–water partition coefficient (Wildman–Crippen LogP) is 2.69. The van der Waals surface area contributed by atoms with Gasteiger partial charge in [-0.25, -0.2) is 9.97 Å². The molecule has 2 heterocycles. The fourth-order valence-corrected chi connectivity index (χ4v) is 4.42. The summed E-state index contributed by atoms with van der Waals surface area (Å²) in [5, 5.41) is 1.89. The maximum atomic E-state index is 5.65. The van der Waals surface area contributed by atoms with Gasteiger partial charge in [0.05, 0.1) is 12.2 Å². The zero-order valence-corrected chi connectivity index (χ0v) is 12.7. The minimum atomic E-state index is 0.646. The molecule has 2 aromatic heterocycles. The van der Waals surface area contributed by atoms with E-state index >= 15 is 0 Å². The zero-order chi connectivity index (χ0) is 13.2. The lowest BCUT2D eigenvalue weighted by atomic mass is 10.0. The molecule has 102 valence electrons. The third-order valence-corrected chi connectivity index (χ3v) is 5.25. The van der Waals surface area contributed by atoms with Crippen molar-refractivity contribution in [3.8, 4) is 0 Å². The predicted molar refractivity (Wildman–Crippen MR) is 80.5 cm³/mol. The summed E-state index contributed by atoms with van der Waals surface area (Å²) in [6, 6.07) is 0. The van der Waals surface area contributed by atoms with E-state index in [1.807, 2.05) is 17.5 Å². The zero-order valence-electron chi connectivity index (χ0n) is 11.1. The number of aromatic nitrogens is 2. The van der Waals surface area contributed by atoms with Crippen molar-refractivity contribution in [2.75, 3.05) is 12.8 Å². The molecule has 0 fully saturated rings. The monoisotopic (exact) mass is 294 g/mol. The maximum absolute atomic E-state index is 5.65. The number of nitrogens with two attached hydrogens (primary N) is 1. The van der Waals surface area contributed by atoms with Crippen LogP contribution in [0.25, 0.3) is 0 Å². The molecule has 0 unspecified atom stereocenters. The van der Waals surface area contributed by atoms with Crippen LogP contribution in [0.5, 0.6) is 0 Å². The van der Waals surface area contributed by atoms with Crippen molar-refractivity contribution in [1.82, 2.24) is 14.9 Å². The third kappa shape index (κ3) is 3.13. The second-order valence-corrected chi connectivity index (χ2v) is 7.34. The van der Waals surface area contributed by atoms with Crippen LogP contribution in [0, 0.1) is 0 Å². The summed E-state index contributed by atoms with van der Waals surface area (Å²) in [4.78, 5) is 13.9. The average Bonchev–Trinajstić information content (AvgIpc) is 2.94. The Morgan fingerprint density at radius 3 is 2.84 bits per heavy atom. The van der Waals surface area contributed by atoms with Gasteiger partial charge in [-0.1, -0.05) is 0 Å². The first-order valence-electron chi connectivity index (χ1n) is 6.57. The smallest absolute Gasteiger partial charge is 0.180 e. The molecule has 4 nitrogen and oxygen atoms in total. The Kier molecular flexibility index (Phi) is 3.81. The molecule has 0 spiro atoms. The molecule has 1 aliphatic rings. The Morgan fingerprint density at radius 1 is 1.26 bits per heavy atom. The molecule has 3 rings (SSSR count). The Hall–Kier alpha value is -0.980. The summed E-state index contributed by atoms with van der Waals surface area (Å²) in [6.45, 7) is 1.80. The van der Waals surface area contributed by atoms with Gasteiger partial charge in [-0.15, -0.1) is 22.7 Å². The molecule has 0 amide bonds. The number of fused-ring (bicyclic) bond motifs is 1. The number of anilines is 1. The van der Waals surface area contributed by atoms with E-state index in [2.05, 4.69) is 16.9 Å². The topological polar surface area (TPSA) is 55.0 Å². The first kappa shape index (κ1) is 13.0. The van der Waals surface area contributed by atoms with Crippen molar-refractivity contribution in [3.05, 3.63) is 26.7 Å². The van der Waals surface area contributed by atoms with Crippen LogP contribution < -0.4 is 5.73 Å². The lowest BCUT2D eigenvalue weighted by Crippen LogP contribution is -2.16. The van der Waals surface area contributed by atoms with E-state index in [0.29, 0.717) is 5.13 Å². The van der Waals surface area contributed by atoms with Gasteiger partial charge in [-0.3, -0.25) is 4.90 Å². The summed E-state index contributed by atoms with van der Waals surface area (Å²) >= 11 is 3.45. The van der Waals surface area contributed by atoms with Crippen LogP contribution in [-0.2, 0) is 25.9 Å². The number of hydrogen-bond donors (Lipinski definition) is 1. The third-order valence-electron chi connectivity index (χ3n) is 3.29. The van der Waals surface area contributed by atoms with E-state index < -0.39 is 0 Å². The molecule has 19 heavy (non-hydrogen) atoms. The number of aryl methyl sites for hydroxylation is 2. The standard InChI is InChI=1S/C13H18N4S2/c1-17(7-9-6-15-13(14)18-9)8-12-16-10-4-2-3-5-11(10)19-12/h6H,2-5,7-8H2,1H3,(H2,14,15). The highest BCUT2D eigenvalue weighted by Crippen LogP contribution is 2.27. The Labute approximate surface area is 121 Å². The minimum absolute atomic E-state index is 0.646. The van der Waals surface area contributed by atoms with Gasteiger partial charge in [-0.2, -0.15) is 0 Å². The molecule has 2 N–H and O–H groups in total. The fraction of sp³-hybridized carbons (Fsp3) is 0.538. The van der Waals surface area contributed by atoms with Crippen LogP contribution in [0.15, 0.2) is 6.20 Å². The highest BCUT2D eigenvalue weighted by molar-refractivity contribution is 7.15. The van der Waals surface area contributed by atoms with Gasteiger partial charge >= 0.3 is 0 Å². The molecule has 6 heteroatoms. The van der Waals surface area contributed by atoms with E-state index in [1.54, 1.807) is 11.3 Å². The van der Waals surface area contributed by atoms with Crippen molar-refractivity contribution < 1.29 is 0 Å². The summed E-state index contributed by atoms with van der Waals surface area (Å²) in [5.41, 5.74) is 7.00. The van der Waals surface area contributed by atoms with Crippen molar-refractivity contribution in [1.29, 1.82) is 0 Å². The lowest BCUT2D eigenvalue weighted by molar-refractivity contribution is 0.321. The molecule has 0 atom stereocenters. The van der Waals surface area contributed by atoms with Gasteiger partial charge in [0.2, 0.25) is 0 Å². The first-order chi connectivity index (χ1) is 9.20. The number of nitrogens with zero attached hydrogens (tertiary/aromatic N) is 3. The van der Waals surface area contributed by atoms with E-state index in [4.69, 9.17) is 10.7 Å². The van der Waals surface area contributed by atoms with Crippen LogP contribution in [0.3, 0.4) is 0 Å². The largest absolute Gasteiger partial charge is 0.375 e. The van der Waals surface area contributed by atoms with Gasteiger partial charge in [0, 0.05) is 22.5 Å². The first-order valence-corrected chi connectivity index (χ1v) is 8.20. The van der Waals surface area contributed by atoms with E-state index in [0.717, 1.165) is 13.1 Å². The van der Waals surface area contributed by atoms with E-state index in [1.165, 1.54) is 46.1 Å². The second kappa shape index (κ2) is 5.56. The van der Waals surface area contributed by atoms with E-state index in [9.17, 15) is 0 Å². The van der Waals surface area contributed by atoms with Gasteiger partial charge in [0.25, 0.3) is 0 Å². The van der Waals surface area contributed by atoms with Crippen molar-refractivity contribution in [2.45, 2.75) is 38.8 Å². The average molecular weight is 294 g/mol. The van der Waals surface area contributed by atoms with Gasteiger partial charge in [-0.05, 0) is 32.7 Å². The van der Waals surface area contributed by atoms with Crippen molar-refractivity contribution >= 4 is 27.8 Å². The number of nitrogen functional groups attached to an aromatic ring is 1. The number of rotatable bonds is 4. The second-order valence-electron chi connectivity index (χ2n) is 5.02. The van der Waals surface area contributed by atoms with Gasteiger partial charge in [0.1, 0.15) is 5.01 Å². The van der Waals surface area contributed by atoms with Crippen LogP contribution in [0.4, 0.5) is 5.13 Å². The highest BCUT2D eigenvalue weighted by Gasteiger charge is 2.16. The molecule has 0 saturated heterocycles. The number of hydrogen-bond acceptors (Lipinski definition) is 6. The summed E-state index contributed by atoms with van der Waals surface area (Å²) in [5.74, 6) is 0. The van der Waals surface area contributed by atoms with Crippen molar-refractivity contribution in [2.24, 2.45) is 0 Å². The minimum Gasteiger partial charge on any atom is -0.375 e. The Morgan fingerprint density at radius 2 is 2.11 bits per heavy atom. The molecular formula is C13H18N4S2. The molecule has 2 aromatic rings. The Balaban J connectivity index is 1.62. The molecule has 0 bridgehead atoms. The molecule has 0 radical (unpaired) electrons. The number of thiazole rings is 2. The van der Waals surface area contributed by atoms with Crippen LogP contribution >= 0.6 is 22.7 Å². The summed E-state index contributed by atoms with van der Waals surface area (Å²) in [7, 11) is 2.12. The summed E-state index contributed by atoms with van der Waals surface area (Å²) < 4.78 is 0. The van der Waals surface area contributed by atoms with Gasteiger partial charge in [0.15, 0.2) is 5.13 Å². The van der Waals surface area contributed by atoms with Crippen LogP contribution in [0.2, 0.25) is 0 Å².